The predicted molar refractivity (Wildman–Crippen MR) is 110 cm³/mol. The summed E-state index contributed by atoms with van der Waals surface area (Å²) in [6, 6.07) is 0. The summed E-state index contributed by atoms with van der Waals surface area (Å²) in [6.07, 6.45) is 0. The van der Waals surface area contributed by atoms with Gasteiger partial charge in [0.2, 0.25) is 0 Å². The third-order valence-electron chi connectivity index (χ3n) is 2.18. The Morgan fingerprint density at radius 1 is 0.391 bits per heavy atom. The number of rotatable bonds is 4. The second-order valence-electron chi connectivity index (χ2n) is 9.60. The molecule has 0 aromatic rings. The largest absolute Gasteiger partial charge is 4.00 e. The van der Waals surface area contributed by atoms with E-state index < -0.39 is 19.7 Å². The van der Waals surface area contributed by atoms with E-state index in [9.17, 15) is 0 Å². The average molecular weight is 393 g/mol. The molecule has 0 N–H and O–H groups in total. The first-order valence-corrected chi connectivity index (χ1v) is 10.7. The van der Waals surface area contributed by atoms with Crippen LogP contribution in [0.5, 0.6) is 0 Å². The molecule has 0 amide bonds. The Morgan fingerprint density at radius 3 is 0.609 bits per heavy atom. The van der Waals surface area contributed by atoms with Crippen LogP contribution >= 0.6 is 0 Å². The van der Waals surface area contributed by atoms with Gasteiger partial charge in [-0.15, -0.1) is 22.2 Å². The Morgan fingerprint density at radius 2 is 0.522 bits per heavy atom. The molecule has 0 rings (SSSR count). The van der Waals surface area contributed by atoms with E-state index in [1.54, 1.807) is 0 Å². The van der Waals surface area contributed by atoms with Crippen LogP contribution in [0.1, 0.15) is 83.1 Å². The van der Waals surface area contributed by atoms with Gasteiger partial charge in [-0.25, -0.2) is 19.7 Å². The molecule has 4 nitrogen and oxygen atoms in total. The van der Waals surface area contributed by atoms with Crippen molar-refractivity contribution in [2.45, 2.75) is 105 Å². The van der Waals surface area contributed by atoms with E-state index in [2.05, 4.69) is 103 Å². The van der Waals surface area contributed by atoms with Gasteiger partial charge in [0.1, 0.15) is 0 Å². The van der Waals surface area contributed by atoms with Crippen LogP contribution in [0, 0.1) is 0 Å². The van der Waals surface area contributed by atoms with Gasteiger partial charge >= 0.3 is 21.7 Å². The average Bonchev–Trinajstić information content (AvgIpc) is 2.08. The molecular formula is C16H40N4Si2Ti. The molecule has 0 saturated heterocycles. The molecule has 0 unspecified atom stereocenters. The van der Waals surface area contributed by atoms with Crippen molar-refractivity contribution in [3.8, 4) is 0 Å². The van der Waals surface area contributed by atoms with Crippen LogP contribution in [0.2, 0.25) is 0 Å². The van der Waals surface area contributed by atoms with Crippen molar-refractivity contribution >= 4 is 19.7 Å². The second-order valence-corrected chi connectivity index (χ2v) is 11.4. The zero-order chi connectivity index (χ0) is 18.2. The maximum atomic E-state index is 4.51. The van der Waals surface area contributed by atoms with E-state index in [0.717, 1.165) is 0 Å². The van der Waals surface area contributed by atoms with Gasteiger partial charge < -0.3 is 19.9 Å². The first kappa shape index (κ1) is 28.8. The molecule has 0 saturated carbocycles. The molecule has 0 fully saturated rings. The van der Waals surface area contributed by atoms with Gasteiger partial charge in [0.15, 0.2) is 0 Å². The maximum Gasteiger partial charge on any atom is 4.00 e. The fourth-order valence-corrected chi connectivity index (χ4v) is 2.76. The molecule has 0 aromatic heterocycles. The first-order chi connectivity index (χ1) is 9.41. The molecule has 0 bridgehead atoms. The van der Waals surface area contributed by atoms with Crippen molar-refractivity contribution < 1.29 is 21.7 Å². The Bertz CT molecular complexity index is 228. The van der Waals surface area contributed by atoms with Crippen molar-refractivity contribution in [1.29, 1.82) is 0 Å². The zero-order valence-electron chi connectivity index (χ0n) is 17.7. The molecule has 0 aliphatic carbocycles. The van der Waals surface area contributed by atoms with Gasteiger partial charge in [0.05, 0.1) is 0 Å². The van der Waals surface area contributed by atoms with Crippen LogP contribution in [0.25, 0.3) is 19.9 Å². The summed E-state index contributed by atoms with van der Waals surface area (Å²) in [4.78, 5) is 18.1. The quantitative estimate of drug-likeness (QED) is 0.625. The van der Waals surface area contributed by atoms with Crippen LogP contribution in [-0.2, 0) is 21.7 Å². The summed E-state index contributed by atoms with van der Waals surface area (Å²) in [6.45, 7) is 25.5. The molecule has 0 radical (unpaired) electrons. The van der Waals surface area contributed by atoms with Crippen molar-refractivity contribution in [1.82, 2.24) is 0 Å². The summed E-state index contributed by atoms with van der Waals surface area (Å²) in [7, 11) is -1.09. The topological polar surface area (TPSA) is 56.4 Å². The van der Waals surface area contributed by atoms with E-state index in [-0.39, 0.29) is 43.9 Å². The van der Waals surface area contributed by atoms with E-state index in [0.29, 0.717) is 0 Å². The minimum Gasteiger partial charge on any atom is -0.680 e. The van der Waals surface area contributed by atoms with Crippen LogP contribution in [-0.4, -0.2) is 41.8 Å². The third-order valence-corrected chi connectivity index (χ3v) is 6.54. The third kappa shape index (κ3) is 35.1. The van der Waals surface area contributed by atoms with Gasteiger partial charge in [-0.3, -0.25) is 0 Å². The Hall–Kier alpha value is 0.988. The summed E-state index contributed by atoms with van der Waals surface area (Å²) < 4.78 is 0. The van der Waals surface area contributed by atoms with Crippen LogP contribution in [0.15, 0.2) is 0 Å². The van der Waals surface area contributed by atoms with Gasteiger partial charge in [-0.1, -0.05) is 83.1 Å². The normalized spacial score (nSPS) is 13.0. The van der Waals surface area contributed by atoms with Crippen molar-refractivity contribution in [3.05, 3.63) is 19.9 Å². The van der Waals surface area contributed by atoms with Gasteiger partial charge in [0.25, 0.3) is 0 Å². The van der Waals surface area contributed by atoms with E-state index in [1.165, 1.54) is 0 Å². The minimum absolute atomic E-state index is 0. The van der Waals surface area contributed by atoms with Crippen molar-refractivity contribution in [2.75, 3.05) is 0 Å². The predicted octanol–water partition coefficient (Wildman–Crippen LogP) is 4.66. The van der Waals surface area contributed by atoms with Crippen molar-refractivity contribution in [3.63, 3.8) is 0 Å². The van der Waals surface area contributed by atoms with Gasteiger partial charge in [0, 0.05) is 0 Å². The summed E-state index contributed by atoms with van der Waals surface area (Å²) in [5, 5.41) is 0. The molecule has 136 valence electrons. The van der Waals surface area contributed by atoms with Crippen molar-refractivity contribution in [2.24, 2.45) is 0 Å². The van der Waals surface area contributed by atoms with E-state index in [4.69, 9.17) is 0 Å². The molecule has 0 atom stereocenters. The van der Waals surface area contributed by atoms with Gasteiger partial charge in [-0.05, 0) is 0 Å². The molecule has 0 aromatic carbocycles. The number of hydrogen-bond acceptors (Lipinski definition) is 0. The minimum atomic E-state index is -0.547. The van der Waals surface area contributed by atoms with E-state index in [1.807, 2.05) is 0 Å². The Labute approximate surface area is 166 Å². The molecule has 23 heavy (non-hydrogen) atoms. The fourth-order valence-electron chi connectivity index (χ4n) is 0.919. The first-order valence-electron chi connectivity index (χ1n) is 8.16. The molecule has 0 aliphatic heterocycles. The molecular weight excluding hydrogens is 352 g/mol. The Kier molecular flexibility index (Phi) is 14.5. The molecule has 0 heterocycles. The SMILES string of the molecule is CC(C)(C)[N-][SiH2][N-]C(C)(C)C.CC(C)(C)[N-][SiH2][N-]C(C)(C)C.[Ti+4]. The smallest absolute Gasteiger partial charge is 0.680 e. The fraction of sp³-hybridized carbons (Fsp3) is 1.00. The van der Waals surface area contributed by atoms with Crippen LogP contribution in [0.3, 0.4) is 0 Å². The summed E-state index contributed by atoms with van der Waals surface area (Å²) in [5.74, 6) is 0. The summed E-state index contributed by atoms with van der Waals surface area (Å²) >= 11 is 0. The molecule has 0 aliphatic rings. The number of nitrogens with zero attached hydrogens (tertiary/aromatic N) is 4. The molecule has 0 spiro atoms. The molecule has 7 heteroatoms. The second kappa shape index (κ2) is 11.6. The standard InChI is InChI=1S/2C8H20N2Si.Ti/c2*1-7(2,3)9-11-10-8(4,5)6;/h2*11H2,1-6H3;/q2*-2;+4. The van der Waals surface area contributed by atoms with Crippen LogP contribution in [0.4, 0.5) is 0 Å². The van der Waals surface area contributed by atoms with Crippen LogP contribution < -0.4 is 0 Å². The maximum absolute atomic E-state index is 4.51. The summed E-state index contributed by atoms with van der Waals surface area (Å²) in [5.41, 5.74) is 0.448. The van der Waals surface area contributed by atoms with Gasteiger partial charge in [-0.2, -0.15) is 0 Å². The number of hydrogen-bond donors (Lipinski definition) is 0. The zero-order valence-corrected chi connectivity index (χ0v) is 22.1. The monoisotopic (exact) mass is 392 g/mol. The Balaban J connectivity index is -0.000000333. The van der Waals surface area contributed by atoms with E-state index >= 15 is 0 Å².